The summed E-state index contributed by atoms with van der Waals surface area (Å²) < 4.78 is 35.7. The zero-order valence-electron chi connectivity index (χ0n) is 33.9. The lowest BCUT2D eigenvalue weighted by molar-refractivity contribution is -0.287. The smallest absolute Gasteiger partial charge is 0.393 e. The van der Waals surface area contributed by atoms with E-state index in [0.717, 1.165) is 44.9 Å². The summed E-state index contributed by atoms with van der Waals surface area (Å²) in [5.41, 5.74) is -2.40. The molecule has 52 heavy (non-hydrogen) atoms. The van der Waals surface area contributed by atoms with Crippen molar-refractivity contribution in [2.45, 2.75) is 257 Å². The lowest BCUT2D eigenvalue weighted by Crippen LogP contribution is -2.53. The van der Waals surface area contributed by atoms with Gasteiger partial charge in [-0.3, -0.25) is 14.1 Å². The highest BCUT2D eigenvalue weighted by atomic mass is 32.3. The standard InChI is InChI=1S/C42H82O9S/c1-4-6-8-10-12-14-16-18-20-22-24-26-28-30-32-34-39(44)37-42(46,41(36-38(3)43)50-51-52(47,48)49)40(45)35-33-31-29-27-25-23-21-19-17-15-13-11-9-7-5-2/h38,41,43,46H,4-37H2,1-3H3,(H,47,48,49). The quantitative estimate of drug-likeness (QED) is 0.0239. The lowest BCUT2D eigenvalue weighted by atomic mass is 9.81. The van der Waals surface area contributed by atoms with Crippen molar-refractivity contribution in [3.05, 3.63) is 0 Å². The first-order chi connectivity index (χ1) is 25.0. The summed E-state index contributed by atoms with van der Waals surface area (Å²) in [5, 5.41) is 21.7. The molecule has 0 aliphatic heterocycles. The maximum absolute atomic E-state index is 13.5. The van der Waals surface area contributed by atoms with E-state index in [1.54, 1.807) is 0 Å². The van der Waals surface area contributed by atoms with Crippen LogP contribution in [-0.4, -0.2) is 52.6 Å². The number of hydrogen-bond acceptors (Lipinski definition) is 8. The predicted molar refractivity (Wildman–Crippen MR) is 212 cm³/mol. The molecule has 310 valence electrons. The van der Waals surface area contributed by atoms with Gasteiger partial charge in [0.05, 0.1) is 6.10 Å². The Morgan fingerprint density at radius 3 is 1.17 bits per heavy atom. The Balaban J connectivity index is 4.61. The fourth-order valence-corrected chi connectivity index (χ4v) is 7.26. The number of aliphatic hydroxyl groups is 2. The highest BCUT2D eigenvalue weighted by Gasteiger charge is 2.47. The molecule has 0 aliphatic rings. The molecule has 0 amide bonds. The normalized spacial score (nSPS) is 14.3. The second-order valence-electron chi connectivity index (χ2n) is 15.6. The average Bonchev–Trinajstić information content (AvgIpc) is 3.09. The number of ketones is 2. The minimum absolute atomic E-state index is 0.0213. The van der Waals surface area contributed by atoms with Crippen molar-refractivity contribution in [1.29, 1.82) is 0 Å². The summed E-state index contributed by atoms with van der Waals surface area (Å²) in [6, 6.07) is 0. The second-order valence-corrected chi connectivity index (χ2v) is 16.6. The topological polar surface area (TPSA) is 147 Å². The van der Waals surface area contributed by atoms with Gasteiger partial charge in [0, 0.05) is 25.7 Å². The van der Waals surface area contributed by atoms with Crippen LogP contribution in [0.15, 0.2) is 0 Å². The van der Waals surface area contributed by atoms with Gasteiger partial charge in [0.15, 0.2) is 11.4 Å². The third kappa shape index (κ3) is 31.4. The van der Waals surface area contributed by atoms with Crippen LogP contribution in [0.5, 0.6) is 0 Å². The van der Waals surface area contributed by atoms with Crippen LogP contribution in [-0.2, 0) is 29.2 Å². The molecule has 3 N–H and O–H groups in total. The molecule has 3 atom stereocenters. The minimum atomic E-state index is -5.06. The molecule has 0 aliphatic carbocycles. The Morgan fingerprint density at radius 1 is 0.558 bits per heavy atom. The van der Waals surface area contributed by atoms with Gasteiger partial charge in [-0.05, 0) is 19.8 Å². The molecule has 0 rings (SSSR count). The highest BCUT2D eigenvalue weighted by molar-refractivity contribution is 7.80. The fraction of sp³-hybridized carbons (Fsp3) is 0.952. The van der Waals surface area contributed by atoms with Crippen LogP contribution in [0.3, 0.4) is 0 Å². The fourth-order valence-electron chi connectivity index (χ4n) is 7.07. The van der Waals surface area contributed by atoms with E-state index >= 15 is 0 Å². The molecule has 0 aromatic carbocycles. The zero-order valence-corrected chi connectivity index (χ0v) is 34.7. The van der Waals surface area contributed by atoms with Crippen molar-refractivity contribution in [2.75, 3.05) is 0 Å². The first-order valence-corrected chi connectivity index (χ1v) is 23.1. The van der Waals surface area contributed by atoms with Crippen LogP contribution in [0.4, 0.5) is 0 Å². The largest absolute Gasteiger partial charge is 0.424 e. The molecular weight excluding hydrogens is 681 g/mol. The average molecular weight is 763 g/mol. The van der Waals surface area contributed by atoms with Crippen LogP contribution in [0, 0.1) is 0 Å². The monoisotopic (exact) mass is 763 g/mol. The summed E-state index contributed by atoms with van der Waals surface area (Å²) in [5.74, 6) is -0.996. The van der Waals surface area contributed by atoms with Gasteiger partial charge in [0.1, 0.15) is 11.9 Å². The maximum atomic E-state index is 13.5. The summed E-state index contributed by atoms with van der Waals surface area (Å²) in [4.78, 5) is 31.4. The Morgan fingerprint density at radius 2 is 0.865 bits per heavy atom. The Labute approximate surface area is 320 Å². The highest BCUT2D eigenvalue weighted by Crippen LogP contribution is 2.29. The van der Waals surface area contributed by atoms with Crippen molar-refractivity contribution in [2.24, 2.45) is 0 Å². The summed E-state index contributed by atoms with van der Waals surface area (Å²) in [6.45, 7) is 5.88. The number of Topliss-reactive ketones (excluding diaryl/α,β-unsaturated/α-hetero) is 2. The van der Waals surface area contributed by atoms with Crippen molar-refractivity contribution in [1.82, 2.24) is 0 Å². The molecule has 0 aromatic rings. The van der Waals surface area contributed by atoms with Crippen LogP contribution < -0.4 is 0 Å². The summed E-state index contributed by atoms with van der Waals surface area (Å²) in [7, 11) is -5.06. The van der Waals surface area contributed by atoms with Gasteiger partial charge >= 0.3 is 10.4 Å². The van der Waals surface area contributed by atoms with Crippen LogP contribution >= 0.6 is 0 Å². The van der Waals surface area contributed by atoms with Crippen molar-refractivity contribution in [3.63, 3.8) is 0 Å². The van der Waals surface area contributed by atoms with Gasteiger partial charge in [-0.25, -0.2) is 4.89 Å². The van der Waals surface area contributed by atoms with Crippen molar-refractivity contribution < 1.29 is 42.0 Å². The van der Waals surface area contributed by atoms with Crippen molar-refractivity contribution in [3.8, 4) is 0 Å². The van der Waals surface area contributed by atoms with E-state index in [1.807, 2.05) is 0 Å². The van der Waals surface area contributed by atoms with Gasteiger partial charge in [0.25, 0.3) is 0 Å². The van der Waals surface area contributed by atoms with Crippen LogP contribution in [0.2, 0.25) is 0 Å². The molecular formula is C42H82O9S. The molecule has 0 saturated carbocycles. The molecule has 3 unspecified atom stereocenters. The van der Waals surface area contributed by atoms with E-state index < -0.39 is 40.4 Å². The van der Waals surface area contributed by atoms with Gasteiger partial charge in [0.2, 0.25) is 0 Å². The van der Waals surface area contributed by atoms with E-state index in [-0.39, 0.29) is 25.0 Å². The number of carbonyl (C=O) groups is 2. The molecule has 0 bridgehead atoms. The first kappa shape index (κ1) is 51.1. The Hall–Kier alpha value is -0.910. The van der Waals surface area contributed by atoms with E-state index in [9.17, 15) is 28.2 Å². The second kappa shape index (κ2) is 34.6. The van der Waals surface area contributed by atoms with Gasteiger partial charge in [-0.2, -0.15) is 8.42 Å². The SMILES string of the molecule is CCCCCCCCCCCCCCCCCC(=O)CC(O)(C(=O)CCCCCCCCCCCCCCCCC)C(CC(C)O)OOS(=O)(=O)O. The Bertz CT molecular complexity index is 940. The van der Waals surface area contributed by atoms with E-state index in [1.165, 1.54) is 142 Å². The zero-order chi connectivity index (χ0) is 38.8. The maximum Gasteiger partial charge on any atom is 0.424 e. The molecule has 0 aromatic heterocycles. The summed E-state index contributed by atoms with van der Waals surface area (Å²) in [6.07, 6.45) is 32.0. The first-order valence-electron chi connectivity index (χ1n) is 21.7. The minimum Gasteiger partial charge on any atom is -0.393 e. The van der Waals surface area contributed by atoms with Gasteiger partial charge in [-0.15, -0.1) is 0 Å². The molecule has 0 saturated heterocycles. The number of unbranched alkanes of at least 4 members (excludes halogenated alkanes) is 28. The molecule has 0 fully saturated rings. The number of aliphatic hydroxyl groups excluding tert-OH is 1. The Kier molecular flexibility index (Phi) is 34.0. The molecule has 9 nitrogen and oxygen atoms in total. The number of rotatable bonds is 41. The van der Waals surface area contributed by atoms with Gasteiger partial charge < -0.3 is 10.2 Å². The molecule has 10 heteroatoms. The summed E-state index contributed by atoms with van der Waals surface area (Å²) >= 11 is 0. The molecule has 0 radical (unpaired) electrons. The van der Waals surface area contributed by atoms with E-state index in [2.05, 4.69) is 18.2 Å². The van der Waals surface area contributed by atoms with Crippen LogP contribution in [0.25, 0.3) is 0 Å². The van der Waals surface area contributed by atoms with Crippen LogP contribution in [0.1, 0.15) is 239 Å². The molecule has 0 heterocycles. The lowest BCUT2D eigenvalue weighted by Gasteiger charge is -2.33. The number of carbonyl (C=O) groups excluding carboxylic acids is 2. The number of hydrogen-bond donors (Lipinski definition) is 3. The molecule has 0 spiro atoms. The van der Waals surface area contributed by atoms with E-state index in [4.69, 9.17) is 9.44 Å². The third-order valence-corrected chi connectivity index (χ3v) is 10.6. The van der Waals surface area contributed by atoms with Gasteiger partial charge in [-0.1, -0.05) is 198 Å². The van der Waals surface area contributed by atoms with E-state index in [0.29, 0.717) is 12.8 Å². The van der Waals surface area contributed by atoms with Crippen molar-refractivity contribution >= 4 is 22.0 Å². The third-order valence-electron chi connectivity index (χ3n) is 10.3. The predicted octanol–water partition coefficient (Wildman–Crippen LogP) is 11.7.